The molecule has 2 heterocycles. The number of methoxy groups -OCH3 is 1. The number of carbonyl (C=O) groups is 2. The average Bonchev–Trinajstić information content (AvgIpc) is 3.33. The van der Waals surface area contributed by atoms with Crippen molar-refractivity contribution in [3.05, 3.63) is 102 Å². The molecule has 2 amide bonds. The molecule has 0 saturated heterocycles. The van der Waals surface area contributed by atoms with E-state index in [4.69, 9.17) is 4.74 Å². The Balaban J connectivity index is 1.53. The topological polar surface area (TPSA) is 76.5 Å². The fourth-order valence-electron chi connectivity index (χ4n) is 4.45. The van der Waals surface area contributed by atoms with Gasteiger partial charge in [-0.15, -0.1) is 0 Å². The number of anilines is 1. The highest BCUT2D eigenvalue weighted by Gasteiger charge is 2.48. The van der Waals surface area contributed by atoms with E-state index in [0.717, 1.165) is 11.1 Å². The van der Waals surface area contributed by atoms with Crippen LogP contribution < -0.4 is 15.0 Å². The normalized spacial score (nSPS) is 17.0. The van der Waals surface area contributed by atoms with Gasteiger partial charge in [0, 0.05) is 17.8 Å². The first kappa shape index (κ1) is 23.3. The van der Waals surface area contributed by atoms with E-state index in [2.05, 4.69) is 10.4 Å². The molecular weight excluding hydrogens is 459 g/mol. The summed E-state index contributed by atoms with van der Waals surface area (Å²) in [6.45, 7) is 2.14. The van der Waals surface area contributed by atoms with E-state index in [0.29, 0.717) is 29.4 Å². The van der Waals surface area contributed by atoms with E-state index in [1.807, 2.05) is 54.6 Å². The van der Waals surface area contributed by atoms with Crippen molar-refractivity contribution in [2.24, 2.45) is 0 Å². The molecule has 182 valence electrons. The molecule has 1 unspecified atom stereocenters. The molecule has 0 bridgehead atoms. The number of rotatable bonds is 6. The quantitative estimate of drug-likeness (QED) is 0.439. The lowest BCUT2D eigenvalue weighted by Gasteiger charge is -2.43. The molecule has 1 aliphatic heterocycles. The monoisotopic (exact) mass is 484 g/mol. The Morgan fingerprint density at radius 2 is 1.75 bits per heavy atom. The molecule has 8 heteroatoms. The van der Waals surface area contributed by atoms with Crippen LogP contribution in [0.5, 0.6) is 5.75 Å². The van der Waals surface area contributed by atoms with Crippen LogP contribution in [-0.4, -0.2) is 34.2 Å². The largest absolute Gasteiger partial charge is 0.497 e. The summed E-state index contributed by atoms with van der Waals surface area (Å²) >= 11 is 0. The van der Waals surface area contributed by atoms with Crippen LogP contribution in [-0.2, 0) is 17.9 Å². The van der Waals surface area contributed by atoms with Crippen molar-refractivity contribution < 1.29 is 18.7 Å². The van der Waals surface area contributed by atoms with Crippen LogP contribution in [0.2, 0.25) is 0 Å². The standard InChI is InChI=1S/C28H25FN4O3/c1-28(27(35)30-17-19-6-4-3-5-7-19)18-32-25(26(34)33(28)22-12-10-21(29)11-13-22)16-24(31-32)20-8-14-23(36-2)15-9-20/h3-16H,17-18H2,1-2H3,(H,30,35). The first-order valence-corrected chi connectivity index (χ1v) is 11.5. The van der Waals surface area contributed by atoms with Crippen LogP contribution in [0.1, 0.15) is 23.0 Å². The maximum absolute atomic E-state index is 13.8. The molecular formula is C28H25FN4O3. The van der Waals surface area contributed by atoms with Crippen molar-refractivity contribution in [2.75, 3.05) is 12.0 Å². The summed E-state index contributed by atoms with van der Waals surface area (Å²) < 4.78 is 20.5. The second-order valence-corrected chi connectivity index (χ2v) is 8.86. The highest BCUT2D eigenvalue weighted by atomic mass is 19.1. The summed E-state index contributed by atoms with van der Waals surface area (Å²) in [5.74, 6) is -0.442. The zero-order valence-electron chi connectivity index (χ0n) is 19.9. The van der Waals surface area contributed by atoms with Crippen LogP contribution in [0, 0.1) is 5.82 Å². The van der Waals surface area contributed by atoms with Gasteiger partial charge in [0.1, 0.15) is 22.8 Å². The average molecular weight is 485 g/mol. The van der Waals surface area contributed by atoms with E-state index in [9.17, 15) is 14.0 Å². The Hall–Kier alpha value is -4.46. The second kappa shape index (κ2) is 9.30. The number of hydrogen-bond acceptors (Lipinski definition) is 4. The van der Waals surface area contributed by atoms with Crippen molar-refractivity contribution in [3.8, 4) is 17.0 Å². The number of nitrogens with one attached hydrogen (secondary N) is 1. The van der Waals surface area contributed by atoms with Crippen molar-refractivity contribution in [1.82, 2.24) is 15.1 Å². The Kier molecular flexibility index (Phi) is 6.01. The van der Waals surface area contributed by atoms with Gasteiger partial charge in [-0.2, -0.15) is 5.10 Å². The Morgan fingerprint density at radius 3 is 2.42 bits per heavy atom. The molecule has 5 rings (SSSR count). The van der Waals surface area contributed by atoms with E-state index in [-0.39, 0.29) is 12.5 Å². The lowest BCUT2D eigenvalue weighted by molar-refractivity contribution is -0.126. The fourth-order valence-corrected chi connectivity index (χ4v) is 4.45. The van der Waals surface area contributed by atoms with Crippen LogP contribution in [0.4, 0.5) is 10.1 Å². The van der Waals surface area contributed by atoms with Gasteiger partial charge in [-0.3, -0.25) is 19.2 Å². The van der Waals surface area contributed by atoms with Crippen LogP contribution >= 0.6 is 0 Å². The number of hydrogen-bond donors (Lipinski definition) is 1. The molecule has 36 heavy (non-hydrogen) atoms. The van der Waals surface area contributed by atoms with Crippen LogP contribution in [0.3, 0.4) is 0 Å². The van der Waals surface area contributed by atoms with Gasteiger partial charge in [0.2, 0.25) is 5.91 Å². The van der Waals surface area contributed by atoms with Gasteiger partial charge in [0.15, 0.2) is 0 Å². The maximum Gasteiger partial charge on any atom is 0.277 e. The summed E-state index contributed by atoms with van der Waals surface area (Å²) in [6, 6.07) is 24.2. The van der Waals surface area contributed by atoms with Crippen molar-refractivity contribution >= 4 is 17.5 Å². The van der Waals surface area contributed by atoms with E-state index >= 15 is 0 Å². The minimum Gasteiger partial charge on any atom is -0.497 e. The van der Waals surface area contributed by atoms with Crippen molar-refractivity contribution in [3.63, 3.8) is 0 Å². The molecule has 7 nitrogen and oxygen atoms in total. The number of fused-ring (bicyclic) bond motifs is 1. The summed E-state index contributed by atoms with van der Waals surface area (Å²) in [6.07, 6.45) is 0. The lowest BCUT2D eigenvalue weighted by Crippen LogP contribution is -2.64. The smallest absolute Gasteiger partial charge is 0.277 e. The number of nitrogens with zero attached hydrogens (tertiary/aromatic N) is 3. The number of amides is 2. The minimum atomic E-state index is -1.31. The SMILES string of the molecule is COc1ccc(-c2cc3n(n2)CC(C)(C(=O)NCc2ccccc2)N(c2ccc(F)cc2)C3=O)cc1. The molecule has 1 aliphatic rings. The van der Waals surface area contributed by atoms with Gasteiger partial charge >= 0.3 is 0 Å². The number of halogens is 1. The molecule has 0 aliphatic carbocycles. The van der Waals surface area contributed by atoms with E-state index in [1.165, 1.54) is 29.2 Å². The number of aromatic nitrogens is 2. The second-order valence-electron chi connectivity index (χ2n) is 8.86. The molecule has 1 aromatic heterocycles. The zero-order valence-corrected chi connectivity index (χ0v) is 19.9. The van der Waals surface area contributed by atoms with Gasteiger partial charge in [-0.25, -0.2) is 4.39 Å². The molecule has 0 spiro atoms. The Bertz CT molecular complexity index is 1400. The highest BCUT2D eigenvalue weighted by Crippen LogP contribution is 2.34. The van der Waals surface area contributed by atoms with Gasteiger partial charge in [0.05, 0.1) is 19.3 Å². The number of carbonyl (C=O) groups excluding carboxylic acids is 2. The van der Waals surface area contributed by atoms with Gasteiger partial charge < -0.3 is 10.1 Å². The van der Waals surface area contributed by atoms with Gasteiger partial charge in [0.25, 0.3) is 5.91 Å². The zero-order chi connectivity index (χ0) is 25.3. The number of ether oxygens (including phenoxy) is 1. The maximum atomic E-state index is 13.8. The summed E-state index contributed by atoms with van der Waals surface area (Å²) in [5, 5.41) is 7.61. The van der Waals surface area contributed by atoms with E-state index in [1.54, 1.807) is 24.8 Å². The molecule has 0 fully saturated rings. The third-order valence-electron chi connectivity index (χ3n) is 6.41. The highest BCUT2D eigenvalue weighted by molar-refractivity contribution is 6.12. The summed E-state index contributed by atoms with van der Waals surface area (Å²) in [4.78, 5) is 28.9. The van der Waals surface area contributed by atoms with Gasteiger partial charge in [-0.1, -0.05) is 30.3 Å². The Morgan fingerprint density at radius 1 is 1.06 bits per heavy atom. The van der Waals surface area contributed by atoms with Crippen molar-refractivity contribution in [2.45, 2.75) is 25.6 Å². The van der Waals surface area contributed by atoms with Gasteiger partial charge in [-0.05, 0) is 67.1 Å². The summed E-state index contributed by atoms with van der Waals surface area (Å²) in [7, 11) is 1.59. The third-order valence-corrected chi connectivity index (χ3v) is 6.41. The van der Waals surface area contributed by atoms with Crippen LogP contribution in [0.25, 0.3) is 11.3 Å². The predicted octanol–water partition coefficient (Wildman–Crippen LogP) is 4.43. The lowest BCUT2D eigenvalue weighted by atomic mass is 9.93. The minimum absolute atomic E-state index is 0.127. The number of benzene rings is 3. The molecule has 3 aromatic carbocycles. The molecule has 1 atom stereocenters. The predicted molar refractivity (Wildman–Crippen MR) is 134 cm³/mol. The molecule has 0 saturated carbocycles. The first-order valence-electron chi connectivity index (χ1n) is 11.5. The molecule has 4 aromatic rings. The Labute approximate surface area is 208 Å². The van der Waals surface area contributed by atoms with E-state index < -0.39 is 17.3 Å². The van der Waals surface area contributed by atoms with Crippen molar-refractivity contribution in [1.29, 1.82) is 0 Å². The molecule has 1 N–H and O–H groups in total. The molecule has 0 radical (unpaired) electrons. The summed E-state index contributed by atoms with van der Waals surface area (Å²) in [5.41, 5.74) is 1.82. The fraction of sp³-hybridized carbons (Fsp3) is 0.179. The third kappa shape index (κ3) is 4.22. The first-order chi connectivity index (χ1) is 17.4. The van der Waals surface area contributed by atoms with Crippen LogP contribution in [0.15, 0.2) is 84.9 Å².